The Morgan fingerprint density at radius 2 is 2.31 bits per heavy atom. The third-order valence-electron chi connectivity index (χ3n) is 1.78. The van der Waals surface area contributed by atoms with E-state index in [1.165, 1.54) is 12.1 Å². The lowest BCUT2D eigenvalue weighted by Gasteiger charge is -2.11. The van der Waals surface area contributed by atoms with Crippen LogP contribution in [0, 0.1) is 5.82 Å². The maximum atomic E-state index is 12.8. The molecule has 0 heterocycles. The van der Waals surface area contributed by atoms with Crippen molar-refractivity contribution >= 4 is 15.9 Å². The molecule has 1 aromatic carbocycles. The van der Waals surface area contributed by atoms with Gasteiger partial charge < -0.3 is 5.73 Å². The first-order chi connectivity index (χ1) is 6.15. The highest BCUT2D eigenvalue weighted by atomic mass is 79.9. The average Bonchev–Trinajstić information content (AvgIpc) is 2.09. The molecule has 3 heteroatoms. The highest BCUT2D eigenvalue weighted by molar-refractivity contribution is 9.10. The monoisotopic (exact) mass is 243 g/mol. The molecule has 0 unspecified atom stereocenters. The van der Waals surface area contributed by atoms with Crippen LogP contribution in [0.1, 0.15) is 18.0 Å². The summed E-state index contributed by atoms with van der Waals surface area (Å²) in [5, 5.41) is 0. The third kappa shape index (κ3) is 2.64. The van der Waals surface area contributed by atoms with Crippen molar-refractivity contribution in [2.24, 2.45) is 5.73 Å². The van der Waals surface area contributed by atoms with Crippen molar-refractivity contribution in [2.75, 3.05) is 0 Å². The van der Waals surface area contributed by atoms with Gasteiger partial charge in [-0.1, -0.05) is 22.0 Å². The predicted octanol–water partition coefficient (Wildman–Crippen LogP) is 3.16. The average molecular weight is 244 g/mol. The summed E-state index contributed by atoms with van der Waals surface area (Å²) in [7, 11) is 0. The summed E-state index contributed by atoms with van der Waals surface area (Å²) in [4.78, 5) is 0. The molecule has 0 bridgehead atoms. The molecule has 2 N–H and O–H groups in total. The van der Waals surface area contributed by atoms with Crippen LogP contribution in [-0.2, 0) is 0 Å². The Balaban J connectivity index is 2.97. The minimum Gasteiger partial charge on any atom is -0.324 e. The molecule has 0 aliphatic heterocycles. The smallest absolute Gasteiger partial charge is 0.123 e. The van der Waals surface area contributed by atoms with Crippen LogP contribution in [0.3, 0.4) is 0 Å². The van der Waals surface area contributed by atoms with E-state index in [-0.39, 0.29) is 11.9 Å². The number of halogens is 2. The summed E-state index contributed by atoms with van der Waals surface area (Å²) >= 11 is 3.32. The SMILES string of the molecule is C=CC[C@@H](N)c1cc(F)ccc1Br. The fourth-order valence-corrected chi connectivity index (χ4v) is 1.65. The Morgan fingerprint density at radius 3 is 2.92 bits per heavy atom. The molecule has 1 aromatic rings. The topological polar surface area (TPSA) is 26.0 Å². The van der Waals surface area contributed by atoms with Crippen molar-refractivity contribution in [1.82, 2.24) is 0 Å². The molecule has 1 nitrogen and oxygen atoms in total. The fourth-order valence-electron chi connectivity index (χ4n) is 1.11. The largest absolute Gasteiger partial charge is 0.324 e. The number of hydrogen-bond acceptors (Lipinski definition) is 1. The van der Waals surface area contributed by atoms with Gasteiger partial charge in [-0.05, 0) is 30.2 Å². The van der Waals surface area contributed by atoms with Crippen molar-refractivity contribution in [3.05, 3.63) is 46.7 Å². The van der Waals surface area contributed by atoms with Crippen LogP contribution in [0.5, 0.6) is 0 Å². The quantitative estimate of drug-likeness (QED) is 0.812. The van der Waals surface area contributed by atoms with Crippen LogP contribution in [0.4, 0.5) is 4.39 Å². The second kappa shape index (κ2) is 4.53. The van der Waals surface area contributed by atoms with Crippen LogP contribution in [0.2, 0.25) is 0 Å². The normalized spacial score (nSPS) is 12.5. The van der Waals surface area contributed by atoms with Gasteiger partial charge >= 0.3 is 0 Å². The van der Waals surface area contributed by atoms with Gasteiger partial charge in [0.2, 0.25) is 0 Å². The molecule has 13 heavy (non-hydrogen) atoms. The summed E-state index contributed by atoms with van der Waals surface area (Å²) in [5.74, 6) is -0.266. The van der Waals surface area contributed by atoms with Gasteiger partial charge in [-0.15, -0.1) is 6.58 Å². The molecule has 0 saturated carbocycles. The molecule has 0 saturated heterocycles. The predicted molar refractivity (Wildman–Crippen MR) is 55.8 cm³/mol. The number of rotatable bonds is 3. The summed E-state index contributed by atoms with van der Waals surface area (Å²) < 4.78 is 13.7. The minimum atomic E-state index is -0.266. The van der Waals surface area contributed by atoms with E-state index in [0.29, 0.717) is 6.42 Å². The molecular formula is C10H11BrFN. The maximum Gasteiger partial charge on any atom is 0.123 e. The second-order valence-corrected chi connectivity index (χ2v) is 3.65. The molecule has 0 fully saturated rings. The third-order valence-corrected chi connectivity index (χ3v) is 2.50. The zero-order valence-corrected chi connectivity index (χ0v) is 8.72. The molecule has 0 amide bonds. The zero-order chi connectivity index (χ0) is 9.84. The van der Waals surface area contributed by atoms with Gasteiger partial charge in [0.1, 0.15) is 5.82 Å². The van der Waals surface area contributed by atoms with Gasteiger partial charge in [-0.25, -0.2) is 4.39 Å². The van der Waals surface area contributed by atoms with Gasteiger partial charge in [0.15, 0.2) is 0 Å². The molecule has 0 spiro atoms. The summed E-state index contributed by atoms with van der Waals surface area (Å²) in [6.45, 7) is 3.59. The Kier molecular flexibility index (Phi) is 3.63. The maximum absolute atomic E-state index is 12.8. The van der Waals surface area contributed by atoms with Crippen LogP contribution in [0.25, 0.3) is 0 Å². The molecular weight excluding hydrogens is 233 g/mol. The fraction of sp³-hybridized carbons (Fsp3) is 0.200. The highest BCUT2D eigenvalue weighted by Gasteiger charge is 2.08. The highest BCUT2D eigenvalue weighted by Crippen LogP contribution is 2.24. The Hall–Kier alpha value is -0.670. The van der Waals surface area contributed by atoms with Crippen LogP contribution in [-0.4, -0.2) is 0 Å². The molecule has 0 radical (unpaired) electrons. The van der Waals surface area contributed by atoms with Crippen molar-refractivity contribution in [3.8, 4) is 0 Å². The van der Waals surface area contributed by atoms with Gasteiger partial charge in [-0.3, -0.25) is 0 Å². The lowest BCUT2D eigenvalue weighted by molar-refractivity contribution is 0.619. The molecule has 1 atom stereocenters. The van der Waals surface area contributed by atoms with Crippen molar-refractivity contribution < 1.29 is 4.39 Å². The van der Waals surface area contributed by atoms with E-state index in [2.05, 4.69) is 22.5 Å². The molecule has 70 valence electrons. The molecule has 0 aromatic heterocycles. The van der Waals surface area contributed by atoms with Crippen molar-refractivity contribution in [3.63, 3.8) is 0 Å². The van der Waals surface area contributed by atoms with E-state index in [9.17, 15) is 4.39 Å². The van der Waals surface area contributed by atoms with E-state index < -0.39 is 0 Å². The lowest BCUT2D eigenvalue weighted by atomic mass is 10.0. The van der Waals surface area contributed by atoms with E-state index in [1.54, 1.807) is 12.1 Å². The summed E-state index contributed by atoms with van der Waals surface area (Å²) in [5.41, 5.74) is 6.58. The van der Waals surface area contributed by atoms with Crippen LogP contribution < -0.4 is 5.73 Å². The first-order valence-electron chi connectivity index (χ1n) is 3.96. The molecule has 0 aliphatic rings. The first kappa shape index (κ1) is 10.4. The Morgan fingerprint density at radius 1 is 1.62 bits per heavy atom. The van der Waals surface area contributed by atoms with Crippen molar-refractivity contribution in [1.29, 1.82) is 0 Å². The van der Waals surface area contributed by atoms with E-state index in [1.807, 2.05) is 0 Å². The van der Waals surface area contributed by atoms with Gasteiger partial charge in [0.05, 0.1) is 0 Å². The molecule has 0 aliphatic carbocycles. The first-order valence-corrected chi connectivity index (χ1v) is 4.76. The minimum absolute atomic E-state index is 0.192. The number of nitrogens with two attached hydrogens (primary N) is 1. The number of hydrogen-bond donors (Lipinski definition) is 1. The van der Waals surface area contributed by atoms with Gasteiger partial charge in [0, 0.05) is 10.5 Å². The van der Waals surface area contributed by atoms with Gasteiger partial charge in [-0.2, -0.15) is 0 Å². The molecule has 1 rings (SSSR count). The van der Waals surface area contributed by atoms with E-state index in [4.69, 9.17) is 5.73 Å². The van der Waals surface area contributed by atoms with E-state index >= 15 is 0 Å². The summed E-state index contributed by atoms with van der Waals surface area (Å²) in [6.07, 6.45) is 2.37. The summed E-state index contributed by atoms with van der Waals surface area (Å²) in [6, 6.07) is 4.31. The van der Waals surface area contributed by atoms with E-state index in [0.717, 1.165) is 10.0 Å². The Bertz CT molecular complexity index is 312. The second-order valence-electron chi connectivity index (χ2n) is 2.80. The zero-order valence-electron chi connectivity index (χ0n) is 7.13. The van der Waals surface area contributed by atoms with Crippen LogP contribution in [0.15, 0.2) is 35.3 Å². The van der Waals surface area contributed by atoms with Crippen molar-refractivity contribution in [2.45, 2.75) is 12.5 Å². The standard InChI is InChI=1S/C10H11BrFN/c1-2-3-10(13)8-6-7(12)4-5-9(8)11/h2,4-6,10H,1,3,13H2/t10-/m1/s1. The lowest BCUT2D eigenvalue weighted by Crippen LogP contribution is -2.09. The van der Waals surface area contributed by atoms with Crippen LogP contribution >= 0.6 is 15.9 Å². The van der Waals surface area contributed by atoms with Gasteiger partial charge in [0.25, 0.3) is 0 Å². The number of benzene rings is 1. The Labute approximate surface area is 85.6 Å².